The molecule has 0 saturated heterocycles. The van der Waals surface area contributed by atoms with E-state index in [4.69, 9.17) is 14.5 Å². The molecule has 3 aromatic rings. The third-order valence-corrected chi connectivity index (χ3v) is 7.09. The number of hydrogen-bond acceptors (Lipinski definition) is 5. The zero-order valence-electron chi connectivity index (χ0n) is 17.8. The van der Waals surface area contributed by atoms with E-state index in [-0.39, 0.29) is 5.56 Å². The second-order valence-corrected chi connectivity index (χ2v) is 10.3. The van der Waals surface area contributed by atoms with Gasteiger partial charge in [-0.3, -0.25) is 4.79 Å². The van der Waals surface area contributed by atoms with E-state index in [0.29, 0.717) is 44.9 Å². The molecule has 0 bridgehead atoms. The topological polar surface area (TPSA) is 65.7 Å². The van der Waals surface area contributed by atoms with Crippen LogP contribution in [0.4, 0.5) is 0 Å². The highest BCUT2D eigenvalue weighted by molar-refractivity contribution is 9.13. The molecule has 31 heavy (non-hydrogen) atoms. The van der Waals surface area contributed by atoms with Gasteiger partial charge in [0.15, 0.2) is 11.5 Å². The smallest absolute Gasteiger partial charge is 0.282 e. The van der Waals surface area contributed by atoms with Gasteiger partial charge in [-0.1, -0.05) is 36.7 Å². The Morgan fingerprint density at radius 2 is 1.87 bits per heavy atom. The normalized spacial score (nSPS) is 12.0. The molecular weight excluding hydrogens is 594 g/mol. The second-order valence-electron chi connectivity index (χ2n) is 7.77. The minimum Gasteiger partial charge on any atom is -0.493 e. The van der Waals surface area contributed by atoms with Gasteiger partial charge in [-0.2, -0.15) is 9.78 Å². The maximum absolute atomic E-state index is 13.3. The molecule has 0 aliphatic rings. The van der Waals surface area contributed by atoms with Crippen LogP contribution < -0.4 is 15.0 Å². The number of ether oxygens (including phenoxy) is 2. The van der Waals surface area contributed by atoms with Crippen molar-refractivity contribution >= 4 is 64.9 Å². The highest BCUT2D eigenvalue weighted by Crippen LogP contribution is 2.42. The zero-order chi connectivity index (χ0) is 22.9. The molecule has 2 aromatic carbocycles. The molecular formula is C22H22Br3N3O3. The van der Waals surface area contributed by atoms with E-state index in [9.17, 15) is 4.79 Å². The van der Waals surface area contributed by atoms with Gasteiger partial charge in [-0.15, -0.1) is 0 Å². The molecule has 164 valence electrons. The fourth-order valence-corrected chi connectivity index (χ4v) is 4.29. The Balaban J connectivity index is 2.23. The summed E-state index contributed by atoms with van der Waals surface area (Å²) >= 11 is 10.6. The number of nitrogens with zero attached hydrogens (tertiary/aromatic N) is 3. The molecule has 0 fully saturated rings. The molecule has 6 nitrogen and oxygen atoms in total. The largest absolute Gasteiger partial charge is 0.493 e. The summed E-state index contributed by atoms with van der Waals surface area (Å²) in [4.78, 5) is 18.0. The first-order chi connectivity index (χ1) is 14.6. The molecule has 3 rings (SSSR count). The average molecular weight is 616 g/mol. The van der Waals surface area contributed by atoms with Crippen LogP contribution in [0.2, 0.25) is 0 Å². The van der Waals surface area contributed by atoms with Gasteiger partial charge in [0.05, 0.1) is 35.3 Å². The number of fused-ring (bicyclic) bond motifs is 1. The van der Waals surface area contributed by atoms with Crippen LogP contribution in [0.3, 0.4) is 0 Å². The average Bonchev–Trinajstić information content (AvgIpc) is 2.71. The zero-order valence-corrected chi connectivity index (χ0v) is 22.6. The molecule has 9 heteroatoms. The first-order valence-corrected chi connectivity index (χ1v) is 11.9. The summed E-state index contributed by atoms with van der Waals surface area (Å²) in [5.74, 6) is 1.72. The van der Waals surface area contributed by atoms with Crippen molar-refractivity contribution in [3.05, 3.63) is 59.4 Å². The van der Waals surface area contributed by atoms with Crippen LogP contribution in [0.25, 0.3) is 10.9 Å². The molecule has 0 amide bonds. The van der Waals surface area contributed by atoms with E-state index in [0.717, 1.165) is 8.95 Å². The van der Waals surface area contributed by atoms with Crippen molar-refractivity contribution < 1.29 is 9.47 Å². The fourth-order valence-electron chi connectivity index (χ4n) is 2.99. The van der Waals surface area contributed by atoms with Crippen molar-refractivity contribution in [2.24, 2.45) is 5.10 Å². The highest BCUT2D eigenvalue weighted by atomic mass is 79.9. The molecule has 0 atom stereocenters. The standard InChI is InChI=1S/C22H22Br3N3O3/c1-6-31-19-16(30-5)9-12(17(24)18(19)25)11-26-28-20(29)14-10-13(23)7-8-15(14)27-21(28)22(2,3)4/h7-11H,6H2,1-5H3. The maximum atomic E-state index is 13.3. The first kappa shape index (κ1) is 23.9. The van der Waals surface area contributed by atoms with Gasteiger partial charge >= 0.3 is 0 Å². The van der Waals surface area contributed by atoms with Gasteiger partial charge in [0, 0.05) is 19.9 Å². The predicted octanol–water partition coefficient (Wildman–Crippen LogP) is 6.27. The van der Waals surface area contributed by atoms with Crippen molar-refractivity contribution in [3.63, 3.8) is 0 Å². The quantitative estimate of drug-likeness (QED) is 0.317. The monoisotopic (exact) mass is 613 g/mol. The first-order valence-electron chi connectivity index (χ1n) is 9.54. The van der Waals surface area contributed by atoms with Gasteiger partial charge in [0.1, 0.15) is 5.82 Å². The minimum absolute atomic E-state index is 0.236. The third kappa shape index (κ3) is 4.88. The fraction of sp³-hybridized carbons (Fsp3) is 0.318. The summed E-state index contributed by atoms with van der Waals surface area (Å²) in [7, 11) is 1.58. The van der Waals surface area contributed by atoms with Crippen LogP contribution in [-0.2, 0) is 5.41 Å². The van der Waals surface area contributed by atoms with Crippen LogP contribution in [0.1, 0.15) is 39.1 Å². The number of aromatic nitrogens is 2. The number of hydrogen-bond donors (Lipinski definition) is 0. The Morgan fingerprint density at radius 1 is 1.16 bits per heavy atom. The van der Waals surface area contributed by atoms with Crippen molar-refractivity contribution in [1.29, 1.82) is 0 Å². The number of methoxy groups -OCH3 is 1. The summed E-state index contributed by atoms with van der Waals surface area (Å²) in [5.41, 5.74) is 0.719. The van der Waals surface area contributed by atoms with Gasteiger partial charge in [0.2, 0.25) is 0 Å². The van der Waals surface area contributed by atoms with Crippen LogP contribution in [0.15, 0.2) is 47.6 Å². The summed E-state index contributed by atoms with van der Waals surface area (Å²) < 4.78 is 14.8. The van der Waals surface area contributed by atoms with Gasteiger partial charge in [-0.25, -0.2) is 4.98 Å². The van der Waals surface area contributed by atoms with Gasteiger partial charge in [0.25, 0.3) is 5.56 Å². The van der Waals surface area contributed by atoms with Crippen LogP contribution >= 0.6 is 47.8 Å². The minimum atomic E-state index is -0.397. The Kier molecular flexibility index (Phi) is 7.28. The number of benzene rings is 2. The SMILES string of the molecule is CCOc1c(OC)cc(C=Nn2c(C(C)(C)C)nc3ccc(Br)cc3c2=O)c(Br)c1Br. The number of halogens is 3. The Morgan fingerprint density at radius 3 is 2.48 bits per heavy atom. The summed E-state index contributed by atoms with van der Waals surface area (Å²) in [6, 6.07) is 7.26. The summed E-state index contributed by atoms with van der Waals surface area (Å²) in [5, 5.41) is 5.02. The van der Waals surface area contributed by atoms with E-state index in [1.54, 1.807) is 25.5 Å². The van der Waals surface area contributed by atoms with Crippen molar-refractivity contribution in [2.45, 2.75) is 33.1 Å². The lowest BCUT2D eigenvalue weighted by atomic mass is 9.95. The maximum Gasteiger partial charge on any atom is 0.282 e. The Hall–Kier alpha value is -1.71. The second kappa shape index (κ2) is 9.42. The lowest BCUT2D eigenvalue weighted by molar-refractivity contribution is 0.308. The van der Waals surface area contributed by atoms with Gasteiger partial charge < -0.3 is 9.47 Å². The molecule has 1 aromatic heterocycles. The summed E-state index contributed by atoms with van der Waals surface area (Å²) in [6.07, 6.45) is 1.61. The Bertz CT molecular complexity index is 1230. The molecule has 0 N–H and O–H groups in total. The summed E-state index contributed by atoms with van der Waals surface area (Å²) in [6.45, 7) is 8.39. The predicted molar refractivity (Wildman–Crippen MR) is 135 cm³/mol. The van der Waals surface area contributed by atoms with Gasteiger partial charge in [-0.05, 0) is 63.0 Å². The highest BCUT2D eigenvalue weighted by Gasteiger charge is 2.23. The molecule has 0 unspecified atom stereocenters. The van der Waals surface area contributed by atoms with Crippen molar-refractivity contribution in [1.82, 2.24) is 9.66 Å². The molecule has 0 radical (unpaired) electrons. The van der Waals surface area contributed by atoms with E-state index in [1.807, 2.05) is 39.8 Å². The lowest BCUT2D eigenvalue weighted by Gasteiger charge is -2.21. The van der Waals surface area contributed by atoms with E-state index >= 15 is 0 Å². The van der Waals surface area contributed by atoms with Crippen molar-refractivity contribution in [2.75, 3.05) is 13.7 Å². The van der Waals surface area contributed by atoms with Crippen LogP contribution in [0, 0.1) is 0 Å². The molecule has 0 aliphatic heterocycles. The van der Waals surface area contributed by atoms with E-state index in [2.05, 4.69) is 52.9 Å². The Labute approximate surface area is 206 Å². The van der Waals surface area contributed by atoms with Crippen molar-refractivity contribution in [3.8, 4) is 11.5 Å². The van der Waals surface area contributed by atoms with Crippen LogP contribution in [0.5, 0.6) is 11.5 Å². The molecule has 0 saturated carbocycles. The third-order valence-electron chi connectivity index (χ3n) is 4.46. The van der Waals surface area contributed by atoms with Crippen LogP contribution in [-0.4, -0.2) is 29.6 Å². The molecule has 1 heterocycles. The number of rotatable bonds is 5. The molecule has 0 spiro atoms. The van der Waals surface area contributed by atoms with E-state index in [1.165, 1.54) is 4.68 Å². The van der Waals surface area contributed by atoms with E-state index < -0.39 is 5.41 Å². The molecule has 0 aliphatic carbocycles. The lowest BCUT2D eigenvalue weighted by Crippen LogP contribution is -2.29.